The predicted octanol–water partition coefficient (Wildman–Crippen LogP) is 3.20. The maximum atomic E-state index is 5.65. The van der Waals surface area contributed by atoms with Gasteiger partial charge in [-0.25, -0.2) is 0 Å². The third-order valence-electron chi connectivity index (χ3n) is 4.87. The lowest BCUT2D eigenvalue weighted by molar-refractivity contribution is -0.00136. The lowest BCUT2D eigenvalue weighted by Gasteiger charge is -2.28. The van der Waals surface area contributed by atoms with Crippen LogP contribution in [0.5, 0.6) is 0 Å². The molecule has 0 spiro atoms. The van der Waals surface area contributed by atoms with Crippen LogP contribution in [-0.2, 0) is 4.74 Å². The van der Waals surface area contributed by atoms with Gasteiger partial charge in [-0.05, 0) is 50.5 Å². The molecule has 2 aliphatic rings. The van der Waals surface area contributed by atoms with E-state index in [4.69, 9.17) is 9.26 Å². The number of aromatic nitrogens is 2. The number of nitrogens with one attached hydrogen (secondary N) is 1. The third-order valence-corrected chi connectivity index (χ3v) is 4.87. The number of halogens is 1. The second-order valence-corrected chi connectivity index (χ2v) is 6.56. The zero-order valence-corrected chi connectivity index (χ0v) is 15.3. The Balaban J connectivity index is 0.00000182. The van der Waals surface area contributed by atoms with Crippen molar-refractivity contribution in [1.82, 2.24) is 15.5 Å². The fraction of sp³-hybridized carbons (Fsp3) is 0.556. The van der Waals surface area contributed by atoms with Gasteiger partial charge in [0.05, 0.1) is 12.7 Å². The van der Waals surface area contributed by atoms with Crippen molar-refractivity contribution >= 4 is 18.1 Å². The Bertz CT molecular complexity index is 670. The van der Waals surface area contributed by atoms with Crippen molar-refractivity contribution in [1.29, 1.82) is 0 Å². The van der Waals surface area contributed by atoms with Crippen molar-refractivity contribution in [2.75, 3.05) is 31.1 Å². The monoisotopic (exact) mass is 364 g/mol. The van der Waals surface area contributed by atoms with Crippen LogP contribution in [0, 0.1) is 0 Å². The molecule has 1 N–H and O–H groups in total. The first-order chi connectivity index (χ1) is 11.8. The quantitative estimate of drug-likeness (QED) is 0.902. The van der Waals surface area contributed by atoms with E-state index in [9.17, 15) is 0 Å². The van der Waals surface area contributed by atoms with E-state index in [0.29, 0.717) is 11.7 Å². The van der Waals surface area contributed by atoms with E-state index in [-0.39, 0.29) is 24.6 Å². The summed E-state index contributed by atoms with van der Waals surface area (Å²) in [6, 6.07) is 8.43. The molecular formula is C18H25ClN4O2. The molecule has 0 unspecified atom stereocenters. The molecule has 2 aromatic rings. The van der Waals surface area contributed by atoms with E-state index in [1.807, 2.05) is 6.92 Å². The van der Waals surface area contributed by atoms with Crippen LogP contribution in [0.2, 0.25) is 0 Å². The highest BCUT2D eigenvalue weighted by Crippen LogP contribution is 2.26. The maximum absolute atomic E-state index is 5.65. The van der Waals surface area contributed by atoms with Crippen LogP contribution < -0.4 is 10.2 Å². The normalized spacial score (nSPS) is 24.0. The molecule has 0 saturated carbocycles. The third kappa shape index (κ3) is 3.97. The Morgan fingerprint density at radius 2 is 1.88 bits per heavy atom. The molecule has 1 aromatic carbocycles. The Morgan fingerprint density at radius 1 is 1.12 bits per heavy atom. The zero-order chi connectivity index (χ0) is 16.4. The molecule has 7 heteroatoms. The highest BCUT2D eigenvalue weighted by atomic mass is 35.5. The van der Waals surface area contributed by atoms with Crippen LogP contribution in [0.1, 0.15) is 38.1 Å². The zero-order valence-electron chi connectivity index (χ0n) is 14.5. The number of hydrogen-bond donors (Lipinski definition) is 1. The van der Waals surface area contributed by atoms with E-state index in [0.717, 1.165) is 31.8 Å². The van der Waals surface area contributed by atoms with Gasteiger partial charge in [0, 0.05) is 30.9 Å². The first-order valence-corrected chi connectivity index (χ1v) is 8.85. The molecule has 136 valence electrons. The van der Waals surface area contributed by atoms with Gasteiger partial charge in [0.2, 0.25) is 11.7 Å². The molecule has 1 aromatic heterocycles. The van der Waals surface area contributed by atoms with E-state index in [1.54, 1.807) is 0 Å². The molecule has 2 aliphatic heterocycles. The molecule has 2 atom stereocenters. The largest absolute Gasteiger partial charge is 0.375 e. The summed E-state index contributed by atoms with van der Waals surface area (Å²) < 4.78 is 11.1. The summed E-state index contributed by atoms with van der Waals surface area (Å²) in [4.78, 5) is 7.01. The number of benzene rings is 1. The van der Waals surface area contributed by atoms with Gasteiger partial charge in [0.15, 0.2) is 0 Å². The van der Waals surface area contributed by atoms with Crippen molar-refractivity contribution < 1.29 is 9.26 Å². The molecule has 6 nitrogen and oxygen atoms in total. The maximum Gasteiger partial charge on any atom is 0.246 e. The Hall–Kier alpha value is -1.63. The number of morpholine rings is 1. The van der Waals surface area contributed by atoms with Crippen molar-refractivity contribution in [2.45, 2.75) is 38.3 Å². The molecule has 2 saturated heterocycles. The lowest BCUT2D eigenvalue weighted by Crippen LogP contribution is -2.40. The van der Waals surface area contributed by atoms with E-state index >= 15 is 0 Å². The van der Waals surface area contributed by atoms with Crippen molar-refractivity contribution in [3.63, 3.8) is 0 Å². The van der Waals surface area contributed by atoms with Gasteiger partial charge >= 0.3 is 0 Å². The molecule has 0 aliphatic carbocycles. The predicted molar refractivity (Wildman–Crippen MR) is 99.2 cm³/mol. The topological polar surface area (TPSA) is 63.4 Å². The number of anilines is 1. The van der Waals surface area contributed by atoms with Crippen molar-refractivity contribution in [3.8, 4) is 11.4 Å². The summed E-state index contributed by atoms with van der Waals surface area (Å²) in [6.45, 7) is 5.84. The molecule has 0 radical (unpaired) electrons. The van der Waals surface area contributed by atoms with E-state index in [2.05, 4.69) is 44.6 Å². The van der Waals surface area contributed by atoms with Crippen LogP contribution in [0.4, 0.5) is 5.69 Å². The van der Waals surface area contributed by atoms with Crippen LogP contribution in [0.3, 0.4) is 0 Å². The standard InChI is InChI=1S/C18H24N4O2.ClH/c1-13-16(19-9-12-23-13)18-20-17(21-24-18)14-5-7-15(8-6-14)22-10-3-2-4-11-22;/h5-8,13,16,19H,2-4,9-12H2,1H3;1H/t13-,16+;/m1./s1. The highest BCUT2D eigenvalue weighted by molar-refractivity contribution is 5.85. The molecule has 25 heavy (non-hydrogen) atoms. The van der Waals surface area contributed by atoms with Crippen LogP contribution in [0.25, 0.3) is 11.4 Å². The number of nitrogens with zero attached hydrogens (tertiary/aromatic N) is 3. The van der Waals surface area contributed by atoms with Gasteiger partial charge in [-0.1, -0.05) is 5.16 Å². The Labute approximate surface area is 154 Å². The first kappa shape index (κ1) is 18.2. The lowest BCUT2D eigenvalue weighted by atomic mass is 10.1. The van der Waals surface area contributed by atoms with Crippen LogP contribution in [0.15, 0.2) is 28.8 Å². The minimum Gasteiger partial charge on any atom is -0.375 e. The Morgan fingerprint density at radius 3 is 2.60 bits per heavy atom. The molecule has 3 heterocycles. The minimum absolute atomic E-state index is 0. The van der Waals surface area contributed by atoms with Crippen LogP contribution in [-0.4, -0.2) is 42.5 Å². The SMILES string of the molecule is C[C@H]1OCCN[C@@H]1c1nc(-c2ccc(N3CCCCC3)cc2)no1.Cl. The number of piperidine rings is 1. The average Bonchev–Trinajstić information content (AvgIpc) is 3.13. The number of ether oxygens (including phenoxy) is 1. The number of hydrogen-bond acceptors (Lipinski definition) is 6. The second kappa shape index (κ2) is 8.17. The van der Waals surface area contributed by atoms with Crippen molar-refractivity contribution in [2.24, 2.45) is 0 Å². The summed E-state index contributed by atoms with van der Waals surface area (Å²) in [5.41, 5.74) is 2.26. The fourth-order valence-corrected chi connectivity index (χ4v) is 3.46. The molecule has 4 rings (SSSR count). The Kier molecular flexibility index (Phi) is 5.93. The van der Waals surface area contributed by atoms with E-state index < -0.39 is 0 Å². The van der Waals surface area contributed by atoms with Gasteiger partial charge in [-0.2, -0.15) is 4.98 Å². The minimum atomic E-state index is -0.0346. The van der Waals surface area contributed by atoms with Gasteiger partial charge in [-0.15, -0.1) is 12.4 Å². The van der Waals surface area contributed by atoms with Gasteiger partial charge in [0.1, 0.15) is 6.04 Å². The van der Waals surface area contributed by atoms with E-state index in [1.165, 1.54) is 24.9 Å². The highest BCUT2D eigenvalue weighted by Gasteiger charge is 2.28. The molecule has 0 amide bonds. The molecular weight excluding hydrogens is 340 g/mol. The number of rotatable bonds is 3. The average molecular weight is 365 g/mol. The molecule has 2 fully saturated rings. The summed E-state index contributed by atoms with van der Waals surface area (Å²) in [6.07, 6.45) is 3.95. The van der Waals surface area contributed by atoms with Crippen molar-refractivity contribution in [3.05, 3.63) is 30.2 Å². The smallest absolute Gasteiger partial charge is 0.246 e. The fourth-order valence-electron chi connectivity index (χ4n) is 3.46. The second-order valence-electron chi connectivity index (χ2n) is 6.56. The molecule has 0 bridgehead atoms. The summed E-state index contributed by atoms with van der Waals surface area (Å²) in [5.74, 6) is 1.23. The first-order valence-electron chi connectivity index (χ1n) is 8.85. The van der Waals surface area contributed by atoms with Gasteiger partial charge in [-0.3, -0.25) is 0 Å². The summed E-state index contributed by atoms with van der Waals surface area (Å²) in [5, 5.41) is 7.52. The summed E-state index contributed by atoms with van der Waals surface area (Å²) in [7, 11) is 0. The summed E-state index contributed by atoms with van der Waals surface area (Å²) >= 11 is 0. The van der Waals surface area contributed by atoms with Gasteiger partial charge in [0.25, 0.3) is 0 Å². The van der Waals surface area contributed by atoms with Gasteiger partial charge < -0.3 is 19.5 Å². The van der Waals surface area contributed by atoms with Crippen LogP contribution >= 0.6 is 12.4 Å².